The molecule has 1 atom stereocenters. The maximum Gasteiger partial charge on any atom is 0.408 e. The van der Waals surface area contributed by atoms with Gasteiger partial charge in [-0.15, -0.1) is 13.2 Å². The van der Waals surface area contributed by atoms with E-state index in [4.69, 9.17) is 9.47 Å². The summed E-state index contributed by atoms with van der Waals surface area (Å²) in [6.45, 7) is 12.5. The first-order chi connectivity index (χ1) is 8.80. The lowest BCUT2D eigenvalue weighted by Crippen LogP contribution is -2.44. The fraction of sp³-hybridized carbons (Fsp3) is 0.571. The lowest BCUT2D eigenvalue weighted by molar-refractivity contribution is -0.125. The standard InChI is InChI=1S/C14H23NO4/c1-6-8-11(12(16)10-18-9-7-2)15-13(17)19-14(3,4)5/h6-7,11H,1-2,8-10H2,3-5H3,(H,15,17). The van der Waals surface area contributed by atoms with Crippen molar-refractivity contribution < 1.29 is 19.1 Å². The van der Waals surface area contributed by atoms with Crippen LogP contribution in [0.15, 0.2) is 25.3 Å². The molecule has 0 fully saturated rings. The normalized spacial score (nSPS) is 12.4. The lowest BCUT2D eigenvalue weighted by Gasteiger charge is -2.22. The van der Waals surface area contributed by atoms with Crippen molar-refractivity contribution >= 4 is 11.9 Å². The first-order valence-electron chi connectivity index (χ1n) is 6.12. The zero-order chi connectivity index (χ0) is 14.9. The molecule has 0 aromatic carbocycles. The van der Waals surface area contributed by atoms with Crippen molar-refractivity contribution in [1.29, 1.82) is 0 Å². The molecule has 0 aromatic rings. The molecule has 0 spiro atoms. The molecule has 0 aliphatic carbocycles. The molecule has 0 aromatic heterocycles. The quantitative estimate of drug-likeness (QED) is 0.542. The Morgan fingerprint density at radius 2 is 1.89 bits per heavy atom. The summed E-state index contributed by atoms with van der Waals surface area (Å²) in [4.78, 5) is 23.4. The van der Waals surface area contributed by atoms with E-state index in [0.29, 0.717) is 13.0 Å². The molecule has 0 saturated carbocycles. The van der Waals surface area contributed by atoms with Gasteiger partial charge in [0.2, 0.25) is 0 Å². The van der Waals surface area contributed by atoms with E-state index in [2.05, 4.69) is 18.5 Å². The van der Waals surface area contributed by atoms with E-state index in [0.717, 1.165) is 0 Å². The van der Waals surface area contributed by atoms with Gasteiger partial charge in [-0.2, -0.15) is 0 Å². The number of hydrogen-bond donors (Lipinski definition) is 1. The van der Waals surface area contributed by atoms with Gasteiger partial charge in [0, 0.05) is 0 Å². The second-order valence-electron chi connectivity index (χ2n) is 4.99. The molecular weight excluding hydrogens is 246 g/mol. The summed E-state index contributed by atoms with van der Waals surface area (Å²) in [6.07, 6.45) is 2.82. The number of ketones is 1. The van der Waals surface area contributed by atoms with Gasteiger partial charge in [-0.1, -0.05) is 12.2 Å². The lowest BCUT2D eigenvalue weighted by atomic mass is 10.1. The van der Waals surface area contributed by atoms with E-state index in [9.17, 15) is 9.59 Å². The zero-order valence-corrected chi connectivity index (χ0v) is 11.9. The largest absolute Gasteiger partial charge is 0.444 e. The number of carbonyl (C=O) groups excluding carboxylic acids is 2. The second-order valence-corrected chi connectivity index (χ2v) is 4.99. The van der Waals surface area contributed by atoms with Crippen molar-refractivity contribution in [1.82, 2.24) is 5.32 Å². The van der Waals surface area contributed by atoms with Gasteiger partial charge < -0.3 is 14.8 Å². The molecule has 1 N–H and O–H groups in total. The molecule has 19 heavy (non-hydrogen) atoms. The summed E-state index contributed by atoms with van der Waals surface area (Å²) in [7, 11) is 0. The number of nitrogens with one attached hydrogen (secondary N) is 1. The van der Waals surface area contributed by atoms with Crippen LogP contribution in [0, 0.1) is 0 Å². The molecule has 1 amide bonds. The molecule has 0 aliphatic heterocycles. The Balaban J connectivity index is 4.38. The van der Waals surface area contributed by atoms with Crippen LogP contribution in [-0.2, 0) is 14.3 Å². The Morgan fingerprint density at radius 1 is 1.26 bits per heavy atom. The first kappa shape index (κ1) is 17.4. The highest BCUT2D eigenvalue weighted by molar-refractivity contribution is 5.88. The van der Waals surface area contributed by atoms with E-state index in [1.165, 1.54) is 0 Å². The van der Waals surface area contributed by atoms with Crippen LogP contribution in [0.4, 0.5) is 4.79 Å². The highest BCUT2D eigenvalue weighted by Gasteiger charge is 2.23. The highest BCUT2D eigenvalue weighted by atomic mass is 16.6. The molecule has 0 rings (SSSR count). The minimum Gasteiger partial charge on any atom is -0.444 e. The average Bonchev–Trinajstić information content (AvgIpc) is 2.26. The van der Waals surface area contributed by atoms with Crippen LogP contribution >= 0.6 is 0 Å². The van der Waals surface area contributed by atoms with Crippen LogP contribution in [0.25, 0.3) is 0 Å². The fourth-order valence-electron chi connectivity index (χ4n) is 1.23. The van der Waals surface area contributed by atoms with Gasteiger partial charge in [-0.3, -0.25) is 4.79 Å². The minimum atomic E-state index is -0.683. The Kier molecular flexibility index (Phi) is 7.75. The first-order valence-corrected chi connectivity index (χ1v) is 6.12. The van der Waals surface area contributed by atoms with Gasteiger partial charge in [-0.05, 0) is 27.2 Å². The number of hydrogen-bond acceptors (Lipinski definition) is 4. The van der Waals surface area contributed by atoms with Gasteiger partial charge in [0.25, 0.3) is 0 Å². The average molecular weight is 269 g/mol. The second kappa shape index (κ2) is 8.48. The van der Waals surface area contributed by atoms with Crippen LogP contribution in [-0.4, -0.2) is 36.7 Å². The summed E-state index contributed by atoms with van der Waals surface area (Å²) in [5.41, 5.74) is -0.606. The van der Waals surface area contributed by atoms with E-state index >= 15 is 0 Å². The van der Waals surface area contributed by atoms with Crippen LogP contribution in [0.1, 0.15) is 27.2 Å². The minimum absolute atomic E-state index is 0.0830. The Labute approximate surface area is 114 Å². The molecule has 1 unspecified atom stereocenters. The molecule has 0 heterocycles. The maximum atomic E-state index is 11.8. The molecule has 0 bridgehead atoms. The third-order valence-electron chi connectivity index (χ3n) is 1.96. The molecule has 5 heteroatoms. The number of Topliss-reactive ketones (excluding diaryl/α,β-unsaturated/α-hetero) is 1. The summed E-state index contributed by atoms with van der Waals surface area (Å²) >= 11 is 0. The molecule has 5 nitrogen and oxygen atoms in total. The monoisotopic (exact) mass is 269 g/mol. The van der Waals surface area contributed by atoms with Crippen LogP contribution in [0.5, 0.6) is 0 Å². The van der Waals surface area contributed by atoms with Gasteiger partial charge in [0.15, 0.2) is 5.78 Å². The molecule has 0 aliphatic rings. The highest BCUT2D eigenvalue weighted by Crippen LogP contribution is 2.07. The number of rotatable bonds is 8. The van der Waals surface area contributed by atoms with Gasteiger partial charge in [-0.25, -0.2) is 4.79 Å². The van der Waals surface area contributed by atoms with Crippen molar-refractivity contribution in [2.75, 3.05) is 13.2 Å². The smallest absolute Gasteiger partial charge is 0.408 e. The van der Waals surface area contributed by atoms with Crippen molar-refractivity contribution in [3.05, 3.63) is 25.3 Å². The predicted molar refractivity (Wildman–Crippen MR) is 74.0 cm³/mol. The summed E-state index contributed by atoms with van der Waals surface area (Å²) in [5, 5.41) is 2.51. The summed E-state index contributed by atoms with van der Waals surface area (Å²) < 4.78 is 10.2. The van der Waals surface area contributed by atoms with Gasteiger partial charge in [0.1, 0.15) is 12.2 Å². The third kappa shape index (κ3) is 9.02. The third-order valence-corrected chi connectivity index (χ3v) is 1.96. The van der Waals surface area contributed by atoms with Crippen molar-refractivity contribution in [2.45, 2.75) is 38.8 Å². The predicted octanol–water partition coefficient (Wildman–Crippen LogP) is 2.23. The molecular formula is C14H23NO4. The van der Waals surface area contributed by atoms with Crippen molar-refractivity contribution in [3.8, 4) is 0 Å². The van der Waals surface area contributed by atoms with Gasteiger partial charge >= 0.3 is 6.09 Å². The van der Waals surface area contributed by atoms with Crippen LogP contribution in [0.3, 0.4) is 0 Å². The number of alkyl carbamates (subject to hydrolysis) is 1. The Hall–Kier alpha value is -1.62. The molecule has 108 valence electrons. The Bertz CT molecular complexity index is 331. The van der Waals surface area contributed by atoms with Crippen molar-refractivity contribution in [3.63, 3.8) is 0 Å². The zero-order valence-electron chi connectivity index (χ0n) is 11.9. The van der Waals surface area contributed by atoms with E-state index in [1.807, 2.05) is 0 Å². The van der Waals surface area contributed by atoms with E-state index in [1.54, 1.807) is 32.9 Å². The molecule has 0 saturated heterocycles. The van der Waals surface area contributed by atoms with E-state index in [-0.39, 0.29) is 12.4 Å². The fourth-order valence-corrected chi connectivity index (χ4v) is 1.23. The summed E-state index contributed by atoms with van der Waals surface area (Å²) in [5.74, 6) is -0.229. The topological polar surface area (TPSA) is 64.6 Å². The van der Waals surface area contributed by atoms with Crippen molar-refractivity contribution in [2.24, 2.45) is 0 Å². The van der Waals surface area contributed by atoms with Crippen LogP contribution < -0.4 is 5.32 Å². The molecule has 0 radical (unpaired) electrons. The summed E-state index contributed by atoms with van der Waals surface area (Å²) in [6, 6.07) is -0.683. The maximum absolute atomic E-state index is 11.8. The number of carbonyl (C=O) groups is 2. The SMILES string of the molecule is C=CCOCC(=O)C(CC=C)NC(=O)OC(C)(C)C. The van der Waals surface area contributed by atoms with Crippen LogP contribution in [0.2, 0.25) is 0 Å². The van der Waals surface area contributed by atoms with E-state index < -0.39 is 17.7 Å². The number of amides is 1. The van der Waals surface area contributed by atoms with Gasteiger partial charge in [0.05, 0.1) is 12.6 Å². The number of ether oxygens (including phenoxy) is 2. The Morgan fingerprint density at radius 3 is 2.37 bits per heavy atom.